The Hall–Kier alpha value is -2.22. The zero-order valence-electron chi connectivity index (χ0n) is 14.9. The molecule has 25 heavy (non-hydrogen) atoms. The molecule has 2 aromatic rings. The first kappa shape index (κ1) is 16.3. The summed E-state index contributed by atoms with van der Waals surface area (Å²) in [7, 11) is 0. The molecule has 0 spiro atoms. The van der Waals surface area contributed by atoms with E-state index in [0.717, 1.165) is 35.6 Å². The molecule has 2 aliphatic rings. The van der Waals surface area contributed by atoms with Gasteiger partial charge < -0.3 is 9.74 Å². The Balaban J connectivity index is 1.49. The van der Waals surface area contributed by atoms with E-state index < -0.39 is 5.41 Å². The fourth-order valence-electron chi connectivity index (χ4n) is 3.01. The summed E-state index contributed by atoms with van der Waals surface area (Å²) in [6, 6.07) is 0. The fraction of sp³-hybridized carbons (Fsp3) is 0.647. The number of fused-ring (bicyclic) bond motifs is 1. The summed E-state index contributed by atoms with van der Waals surface area (Å²) >= 11 is 0. The van der Waals surface area contributed by atoms with E-state index in [1.165, 1.54) is 12.8 Å². The van der Waals surface area contributed by atoms with Gasteiger partial charge in [-0.3, -0.25) is 5.10 Å². The molecule has 1 aliphatic heterocycles. The van der Waals surface area contributed by atoms with Crippen LogP contribution in [0.5, 0.6) is 0 Å². The molecule has 0 bridgehead atoms. The van der Waals surface area contributed by atoms with Gasteiger partial charge in [0.15, 0.2) is 5.65 Å². The first-order valence-corrected chi connectivity index (χ1v) is 8.85. The number of nitrogens with one attached hydrogen (secondary N) is 1. The van der Waals surface area contributed by atoms with E-state index in [1.54, 1.807) is 11.4 Å². The molecule has 0 aromatic carbocycles. The number of carbonyl (C=O) groups excluding carboxylic acids is 1. The van der Waals surface area contributed by atoms with Crippen LogP contribution in [0.25, 0.3) is 11.0 Å². The van der Waals surface area contributed by atoms with Crippen LogP contribution < -0.4 is 4.90 Å². The summed E-state index contributed by atoms with van der Waals surface area (Å²) in [6.45, 7) is 8.40. The lowest BCUT2D eigenvalue weighted by molar-refractivity contribution is -0.201. The molecular formula is C17H24N6O2. The lowest BCUT2D eigenvalue weighted by atomic mass is 9.98. The second kappa shape index (κ2) is 5.94. The van der Waals surface area contributed by atoms with E-state index in [4.69, 9.17) is 4.84 Å². The minimum atomic E-state index is -0.494. The topological polar surface area (TPSA) is 87.2 Å². The van der Waals surface area contributed by atoms with Gasteiger partial charge in [0, 0.05) is 19.0 Å². The van der Waals surface area contributed by atoms with Crippen molar-refractivity contribution < 1.29 is 9.63 Å². The van der Waals surface area contributed by atoms with Crippen molar-refractivity contribution in [3.05, 3.63) is 12.0 Å². The van der Waals surface area contributed by atoms with E-state index >= 15 is 0 Å². The van der Waals surface area contributed by atoms with Gasteiger partial charge in [-0.1, -0.05) is 0 Å². The summed E-state index contributed by atoms with van der Waals surface area (Å²) in [5.41, 5.74) is 1.40. The Morgan fingerprint density at radius 3 is 2.56 bits per heavy atom. The van der Waals surface area contributed by atoms with Crippen molar-refractivity contribution in [1.29, 1.82) is 0 Å². The van der Waals surface area contributed by atoms with Crippen LogP contribution in [-0.4, -0.2) is 57.4 Å². The second-order valence-electron chi connectivity index (χ2n) is 7.85. The monoisotopic (exact) mass is 344 g/mol. The number of hydrogen-bond donors (Lipinski definition) is 1. The number of aromatic nitrogens is 4. The van der Waals surface area contributed by atoms with Crippen molar-refractivity contribution in [2.24, 2.45) is 5.41 Å². The minimum Gasteiger partial charge on any atom is -0.367 e. The van der Waals surface area contributed by atoms with Crippen molar-refractivity contribution in [3.63, 3.8) is 0 Å². The minimum absolute atomic E-state index is 0.198. The average molecular weight is 344 g/mol. The van der Waals surface area contributed by atoms with Gasteiger partial charge in [-0.2, -0.15) is 5.10 Å². The molecule has 1 saturated heterocycles. The molecule has 0 atom stereocenters. The highest BCUT2D eigenvalue weighted by molar-refractivity contribution is 5.90. The van der Waals surface area contributed by atoms with E-state index in [0.29, 0.717) is 19.0 Å². The predicted octanol–water partition coefficient (Wildman–Crippen LogP) is 1.86. The smallest absolute Gasteiger partial charge is 0.330 e. The first-order chi connectivity index (χ1) is 11.9. The van der Waals surface area contributed by atoms with Crippen LogP contribution in [0.1, 0.15) is 45.2 Å². The number of anilines is 1. The summed E-state index contributed by atoms with van der Waals surface area (Å²) < 4.78 is 0. The maximum atomic E-state index is 12.0. The largest absolute Gasteiger partial charge is 0.367 e. The molecule has 2 fully saturated rings. The number of piperazine rings is 1. The number of rotatable bonds is 3. The molecule has 0 unspecified atom stereocenters. The number of carbonyl (C=O) groups is 1. The molecule has 1 saturated carbocycles. The van der Waals surface area contributed by atoms with Gasteiger partial charge in [0.25, 0.3) is 0 Å². The fourth-order valence-corrected chi connectivity index (χ4v) is 3.01. The van der Waals surface area contributed by atoms with Crippen LogP contribution in [0.15, 0.2) is 6.33 Å². The molecule has 8 nitrogen and oxygen atoms in total. The van der Waals surface area contributed by atoms with E-state index in [9.17, 15) is 4.79 Å². The summed E-state index contributed by atoms with van der Waals surface area (Å²) in [5, 5.41) is 10.3. The highest BCUT2D eigenvalue weighted by Crippen LogP contribution is 2.43. The van der Waals surface area contributed by atoms with Gasteiger partial charge in [0.05, 0.1) is 29.6 Å². The van der Waals surface area contributed by atoms with Crippen molar-refractivity contribution in [3.8, 4) is 0 Å². The molecule has 2 aromatic heterocycles. The maximum Gasteiger partial charge on any atom is 0.330 e. The highest BCUT2D eigenvalue weighted by Gasteiger charge is 2.32. The average Bonchev–Trinajstić information content (AvgIpc) is 3.33. The molecule has 3 heterocycles. The number of hydrogen-bond acceptors (Lipinski definition) is 7. The third kappa shape index (κ3) is 3.18. The highest BCUT2D eigenvalue weighted by atomic mass is 16.7. The van der Waals surface area contributed by atoms with Crippen LogP contribution >= 0.6 is 0 Å². The molecule has 134 valence electrons. The lowest BCUT2D eigenvalue weighted by Crippen LogP contribution is -2.48. The molecule has 8 heteroatoms. The zero-order chi connectivity index (χ0) is 17.6. The van der Waals surface area contributed by atoms with Gasteiger partial charge in [-0.25, -0.2) is 14.8 Å². The Morgan fingerprint density at radius 2 is 1.92 bits per heavy atom. The quantitative estimate of drug-likeness (QED) is 0.909. The van der Waals surface area contributed by atoms with Crippen LogP contribution in [0.3, 0.4) is 0 Å². The molecule has 1 N–H and O–H groups in total. The van der Waals surface area contributed by atoms with Gasteiger partial charge in [-0.15, -0.1) is 5.06 Å². The third-order valence-corrected chi connectivity index (χ3v) is 4.71. The number of aromatic amines is 1. The Bertz CT molecular complexity index is 784. The maximum absolute atomic E-state index is 12.0. The summed E-state index contributed by atoms with van der Waals surface area (Å²) in [5.74, 6) is 1.29. The number of hydroxylamine groups is 2. The van der Waals surface area contributed by atoms with Crippen LogP contribution in [-0.2, 0) is 9.63 Å². The molecule has 4 rings (SSSR count). The second-order valence-corrected chi connectivity index (χ2v) is 7.85. The van der Waals surface area contributed by atoms with E-state index in [1.807, 2.05) is 20.8 Å². The van der Waals surface area contributed by atoms with E-state index in [-0.39, 0.29) is 5.97 Å². The Kier molecular flexibility index (Phi) is 3.87. The van der Waals surface area contributed by atoms with Gasteiger partial charge in [0.1, 0.15) is 12.1 Å². The SMILES string of the molecule is CC(C)(C)C(=O)ON1CCN(c2ncnc3n[nH]c(C4CC4)c23)CC1. The molecular weight excluding hydrogens is 320 g/mol. The number of nitrogens with zero attached hydrogens (tertiary/aromatic N) is 5. The van der Waals surface area contributed by atoms with Gasteiger partial charge >= 0.3 is 5.97 Å². The molecule has 1 aliphatic carbocycles. The first-order valence-electron chi connectivity index (χ1n) is 8.85. The third-order valence-electron chi connectivity index (χ3n) is 4.71. The van der Waals surface area contributed by atoms with Gasteiger partial charge in [0.2, 0.25) is 0 Å². The molecule has 0 amide bonds. The van der Waals surface area contributed by atoms with Crippen molar-refractivity contribution in [1.82, 2.24) is 25.2 Å². The van der Waals surface area contributed by atoms with Gasteiger partial charge in [-0.05, 0) is 33.6 Å². The lowest BCUT2D eigenvalue weighted by Gasteiger charge is -2.35. The van der Waals surface area contributed by atoms with E-state index in [2.05, 4.69) is 25.1 Å². The predicted molar refractivity (Wildman–Crippen MR) is 93.0 cm³/mol. The summed E-state index contributed by atoms with van der Waals surface area (Å²) in [6.07, 6.45) is 3.96. The van der Waals surface area contributed by atoms with Crippen molar-refractivity contribution >= 4 is 22.8 Å². The number of H-pyrrole nitrogens is 1. The Labute approximate surface area is 146 Å². The summed E-state index contributed by atoms with van der Waals surface area (Å²) in [4.78, 5) is 28.6. The molecule has 0 radical (unpaired) electrons. The van der Waals surface area contributed by atoms with Crippen LogP contribution in [0.2, 0.25) is 0 Å². The standard InChI is InChI=1S/C17H24N6O2/c1-17(2,3)16(24)25-23-8-6-22(7-9-23)15-12-13(11-4-5-11)20-21-14(12)18-10-19-15/h10-11H,4-9H2,1-3H3,(H,18,19,20,21). The normalized spacial score (nSPS) is 19.4. The zero-order valence-corrected chi connectivity index (χ0v) is 14.9. The Morgan fingerprint density at radius 1 is 1.20 bits per heavy atom. The van der Waals surface area contributed by atoms with Crippen LogP contribution in [0.4, 0.5) is 5.82 Å². The van der Waals surface area contributed by atoms with Crippen molar-refractivity contribution in [2.75, 3.05) is 31.1 Å². The van der Waals surface area contributed by atoms with Crippen LogP contribution in [0, 0.1) is 5.41 Å². The van der Waals surface area contributed by atoms with Crippen molar-refractivity contribution in [2.45, 2.75) is 39.5 Å².